The summed E-state index contributed by atoms with van der Waals surface area (Å²) in [4.78, 5) is 29.8. The Balaban J connectivity index is 1.49. The van der Waals surface area contributed by atoms with Crippen molar-refractivity contribution in [2.45, 2.75) is 13.5 Å². The summed E-state index contributed by atoms with van der Waals surface area (Å²) in [7, 11) is 1.74. The van der Waals surface area contributed by atoms with Crippen LogP contribution < -0.4 is 5.43 Å². The smallest absolute Gasteiger partial charge is 0.278 e. The Bertz CT molecular complexity index is 1120. The molecule has 1 aromatic heterocycles. The number of rotatable bonds is 3. The van der Waals surface area contributed by atoms with Crippen LogP contribution in [0.15, 0.2) is 47.3 Å². The summed E-state index contributed by atoms with van der Waals surface area (Å²) in [6, 6.07) is 12.0. The molecule has 0 bridgehead atoms. The minimum absolute atomic E-state index is 0.0300. The maximum atomic E-state index is 13.1. The van der Waals surface area contributed by atoms with Crippen LogP contribution >= 0.6 is 0 Å². The molecule has 1 amide bonds. The molecule has 7 heteroatoms. The first-order valence-corrected chi connectivity index (χ1v) is 9.66. The van der Waals surface area contributed by atoms with E-state index in [1.54, 1.807) is 34.8 Å². The number of hydrogen-bond acceptors (Lipinski definition) is 4. The lowest BCUT2D eigenvalue weighted by Gasteiger charge is -2.34. The van der Waals surface area contributed by atoms with Gasteiger partial charge < -0.3 is 4.90 Å². The molecule has 2 aromatic carbocycles. The molecule has 0 N–H and O–H groups in total. The molecule has 0 spiro atoms. The van der Waals surface area contributed by atoms with Crippen molar-refractivity contribution in [1.29, 1.82) is 0 Å². The highest BCUT2D eigenvalue weighted by molar-refractivity contribution is 5.95. The standard InChI is InChI=1S/C22H23FN4O2/c1-15-3-8-19-18(13-15)21(28)20(24-25(19)2)22(29)27-11-9-26(10-12-27)14-16-4-6-17(23)7-5-16/h3-8,13H,9-12,14H2,1-2H3. The Labute approximate surface area is 168 Å². The van der Waals surface area contributed by atoms with Gasteiger partial charge in [-0.15, -0.1) is 0 Å². The summed E-state index contributed by atoms with van der Waals surface area (Å²) >= 11 is 0. The van der Waals surface area contributed by atoms with Crippen molar-refractivity contribution < 1.29 is 9.18 Å². The molecule has 29 heavy (non-hydrogen) atoms. The fraction of sp³-hybridized carbons (Fsp3) is 0.318. The summed E-state index contributed by atoms with van der Waals surface area (Å²) < 4.78 is 14.6. The van der Waals surface area contributed by atoms with Crippen LogP contribution in [0.3, 0.4) is 0 Å². The second-order valence-electron chi connectivity index (χ2n) is 7.52. The Morgan fingerprint density at radius 3 is 2.45 bits per heavy atom. The molecule has 6 nitrogen and oxygen atoms in total. The van der Waals surface area contributed by atoms with Gasteiger partial charge in [0, 0.05) is 39.8 Å². The number of halogens is 1. The first-order valence-electron chi connectivity index (χ1n) is 9.66. The summed E-state index contributed by atoms with van der Waals surface area (Å²) in [6.07, 6.45) is 0. The normalized spacial score (nSPS) is 15.1. The number of benzene rings is 2. The molecule has 2 heterocycles. The molecule has 1 fully saturated rings. The maximum absolute atomic E-state index is 13.1. The third-order valence-corrected chi connectivity index (χ3v) is 5.39. The van der Waals surface area contributed by atoms with E-state index in [1.165, 1.54) is 12.1 Å². The Kier molecular flexibility index (Phi) is 5.15. The molecule has 3 aromatic rings. The SMILES string of the molecule is Cc1ccc2c(c1)c(=O)c(C(=O)N1CCN(Cc3ccc(F)cc3)CC1)nn2C. The van der Waals surface area contributed by atoms with E-state index < -0.39 is 0 Å². The number of hydrogen-bond donors (Lipinski definition) is 0. The van der Waals surface area contributed by atoms with Crippen molar-refractivity contribution in [2.24, 2.45) is 7.05 Å². The lowest BCUT2D eigenvalue weighted by molar-refractivity contribution is 0.0619. The predicted molar refractivity (Wildman–Crippen MR) is 109 cm³/mol. The van der Waals surface area contributed by atoms with Gasteiger partial charge in [-0.1, -0.05) is 23.8 Å². The van der Waals surface area contributed by atoms with Crippen molar-refractivity contribution in [3.63, 3.8) is 0 Å². The number of fused-ring (bicyclic) bond motifs is 1. The number of nitrogens with zero attached hydrogens (tertiary/aromatic N) is 4. The number of piperazine rings is 1. The predicted octanol–water partition coefficient (Wildman–Crippen LogP) is 2.34. The van der Waals surface area contributed by atoms with E-state index in [0.717, 1.165) is 11.1 Å². The van der Waals surface area contributed by atoms with Crippen LogP contribution in [0.2, 0.25) is 0 Å². The van der Waals surface area contributed by atoms with Gasteiger partial charge in [-0.05, 0) is 36.8 Å². The zero-order valence-corrected chi connectivity index (χ0v) is 16.6. The Morgan fingerprint density at radius 1 is 1.07 bits per heavy atom. The minimum atomic E-state index is -0.324. The quantitative estimate of drug-likeness (QED) is 0.684. The number of amides is 1. The molecule has 4 rings (SSSR count). The summed E-state index contributed by atoms with van der Waals surface area (Å²) in [5.74, 6) is -0.570. The monoisotopic (exact) mass is 394 g/mol. The van der Waals surface area contributed by atoms with Crippen LogP contribution in [0.1, 0.15) is 21.6 Å². The number of aryl methyl sites for hydroxylation is 2. The van der Waals surface area contributed by atoms with Gasteiger partial charge in [-0.25, -0.2) is 4.39 Å². The number of carbonyl (C=O) groups is 1. The largest absolute Gasteiger partial charge is 0.335 e. The maximum Gasteiger partial charge on any atom is 0.278 e. The van der Waals surface area contributed by atoms with E-state index in [1.807, 2.05) is 19.1 Å². The van der Waals surface area contributed by atoms with E-state index in [4.69, 9.17) is 0 Å². The summed E-state index contributed by atoms with van der Waals surface area (Å²) in [6.45, 7) is 5.05. The molecule has 0 aliphatic carbocycles. The fourth-order valence-corrected chi connectivity index (χ4v) is 3.74. The van der Waals surface area contributed by atoms with Gasteiger partial charge in [0.2, 0.25) is 5.43 Å². The highest BCUT2D eigenvalue weighted by Gasteiger charge is 2.26. The second-order valence-corrected chi connectivity index (χ2v) is 7.52. The third kappa shape index (κ3) is 3.91. The summed E-state index contributed by atoms with van der Waals surface area (Å²) in [5.41, 5.74) is 2.36. The first kappa shape index (κ1) is 19.3. The van der Waals surface area contributed by atoms with Crippen LogP contribution in [-0.2, 0) is 13.6 Å². The Hall–Kier alpha value is -3.06. The average molecular weight is 394 g/mol. The molecule has 150 valence electrons. The number of aromatic nitrogens is 2. The lowest BCUT2D eigenvalue weighted by atomic mass is 10.1. The molecular weight excluding hydrogens is 371 g/mol. The van der Waals surface area contributed by atoms with Crippen molar-refractivity contribution in [2.75, 3.05) is 26.2 Å². The second kappa shape index (κ2) is 7.75. The molecule has 1 aliphatic heterocycles. The highest BCUT2D eigenvalue weighted by Crippen LogP contribution is 2.14. The van der Waals surface area contributed by atoms with E-state index >= 15 is 0 Å². The van der Waals surface area contributed by atoms with E-state index in [2.05, 4.69) is 10.00 Å². The van der Waals surface area contributed by atoms with Gasteiger partial charge in [0.25, 0.3) is 5.91 Å². The minimum Gasteiger partial charge on any atom is -0.335 e. The van der Waals surface area contributed by atoms with Crippen LogP contribution in [0, 0.1) is 12.7 Å². The van der Waals surface area contributed by atoms with Crippen LogP contribution in [-0.4, -0.2) is 51.7 Å². The molecule has 0 unspecified atom stereocenters. The van der Waals surface area contributed by atoms with Gasteiger partial charge in [-0.2, -0.15) is 5.10 Å². The van der Waals surface area contributed by atoms with Crippen LogP contribution in [0.5, 0.6) is 0 Å². The Morgan fingerprint density at radius 2 is 1.76 bits per heavy atom. The zero-order chi connectivity index (χ0) is 20.5. The number of carbonyl (C=O) groups excluding carboxylic acids is 1. The van der Waals surface area contributed by atoms with Crippen LogP contribution in [0.4, 0.5) is 4.39 Å². The van der Waals surface area contributed by atoms with E-state index in [9.17, 15) is 14.0 Å². The van der Waals surface area contributed by atoms with Crippen molar-refractivity contribution in [3.8, 4) is 0 Å². The molecule has 0 radical (unpaired) electrons. The highest BCUT2D eigenvalue weighted by atomic mass is 19.1. The lowest BCUT2D eigenvalue weighted by Crippen LogP contribution is -2.49. The molecule has 1 saturated heterocycles. The van der Waals surface area contributed by atoms with Crippen LogP contribution in [0.25, 0.3) is 10.9 Å². The van der Waals surface area contributed by atoms with E-state index in [0.29, 0.717) is 43.6 Å². The van der Waals surface area contributed by atoms with Crippen molar-refractivity contribution in [3.05, 3.63) is 75.3 Å². The van der Waals surface area contributed by atoms with Crippen molar-refractivity contribution >= 4 is 16.8 Å². The zero-order valence-electron chi connectivity index (χ0n) is 16.6. The molecule has 1 aliphatic rings. The topological polar surface area (TPSA) is 58.4 Å². The van der Waals surface area contributed by atoms with Gasteiger partial charge in [-0.3, -0.25) is 19.2 Å². The average Bonchev–Trinajstić information content (AvgIpc) is 2.72. The van der Waals surface area contributed by atoms with Gasteiger partial charge >= 0.3 is 0 Å². The third-order valence-electron chi connectivity index (χ3n) is 5.39. The summed E-state index contributed by atoms with van der Waals surface area (Å²) in [5, 5.41) is 4.78. The van der Waals surface area contributed by atoms with Gasteiger partial charge in [0.1, 0.15) is 5.82 Å². The van der Waals surface area contributed by atoms with E-state index in [-0.39, 0.29) is 22.8 Å². The fourth-order valence-electron chi connectivity index (χ4n) is 3.74. The molecular formula is C22H23FN4O2. The van der Waals surface area contributed by atoms with Gasteiger partial charge in [0.05, 0.1) is 10.9 Å². The molecule has 0 atom stereocenters. The first-order chi connectivity index (χ1) is 13.9. The molecule has 0 saturated carbocycles. The van der Waals surface area contributed by atoms with Gasteiger partial charge in [0.15, 0.2) is 5.69 Å². The van der Waals surface area contributed by atoms with Crippen molar-refractivity contribution in [1.82, 2.24) is 19.6 Å².